The first-order valence-electron chi connectivity index (χ1n) is 7.37. The number of alkyl halides is 3. The van der Waals surface area contributed by atoms with Crippen molar-refractivity contribution in [3.63, 3.8) is 0 Å². The topological polar surface area (TPSA) is 92.0 Å². The van der Waals surface area contributed by atoms with E-state index < -0.39 is 23.3 Å². The molecule has 0 fully saturated rings. The molecule has 2 heterocycles. The van der Waals surface area contributed by atoms with Gasteiger partial charge in [-0.05, 0) is 17.7 Å². The van der Waals surface area contributed by atoms with Crippen molar-refractivity contribution in [1.29, 1.82) is 0 Å². The lowest BCUT2D eigenvalue weighted by molar-refractivity contribution is -0.137. The van der Waals surface area contributed by atoms with Crippen molar-refractivity contribution in [1.82, 2.24) is 15.2 Å². The highest BCUT2D eigenvalue weighted by Gasteiger charge is 2.30. The molecule has 0 aliphatic carbocycles. The van der Waals surface area contributed by atoms with E-state index in [0.29, 0.717) is 11.1 Å². The Morgan fingerprint density at radius 3 is 2.58 bits per heavy atom. The predicted octanol–water partition coefficient (Wildman–Crippen LogP) is 3.79. The van der Waals surface area contributed by atoms with Crippen LogP contribution < -0.4 is 0 Å². The van der Waals surface area contributed by atoms with Crippen molar-refractivity contribution in [3.05, 3.63) is 77.3 Å². The van der Waals surface area contributed by atoms with Crippen LogP contribution in [0.25, 0.3) is 5.76 Å². The molecule has 0 bridgehead atoms. The van der Waals surface area contributed by atoms with E-state index in [2.05, 4.69) is 15.2 Å². The van der Waals surface area contributed by atoms with Crippen LogP contribution in [0.3, 0.4) is 0 Å². The van der Waals surface area contributed by atoms with E-state index in [1.165, 1.54) is 31.0 Å². The number of nitrogens with one attached hydrogen (secondary N) is 1. The molecule has 26 heavy (non-hydrogen) atoms. The standard InChI is InChI=1S/C17H12F3N3O3/c18-17(19,20)12-3-1-10(2-4-12)5-11-7-26-8-13(11)14(24)6-15(25)16-21-9-22-23-16/h1-4,6-9,25H,5H2,(H,21,22,23). The molecule has 0 atom stereocenters. The normalized spacial score (nSPS) is 12.3. The fourth-order valence-electron chi connectivity index (χ4n) is 2.31. The summed E-state index contributed by atoms with van der Waals surface area (Å²) in [6.07, 6.45) is 0.539. The zero-order valence-electron chi connectivity index (χ0n) is 13.1. The Morgan fingerprint density at radius 2 is 1.96 bits per heavy atom. The zero-order chi connectivity index (χ0) is 18.7. The van der Waals surface area contributed by atoms with Gasteiger partial charge in [0.1, 0.15) is 12.6 Å². The van der Waals surface area contributed by atoms with Crippen LogP contribution in [-0.2, 0) is 12.6 Å². The quantitative estimate of drug-likeness (QED) is 0.409. The van der Waals surface area contributed by atoms with Crippen molar-refractivity contribution < 1.29 is 27.5 Å². The molecule has 1 aromatic carbocycles. The number of halogens is 3. The number of aromatic nitrogens is 3. The van der Waals surface area contributed by atoms with Gasteiger partial charge in [-0.3, -0.25) is 9.89 Å². The minimum absolute atomic E-state index is 0.0360. The summed E-state index contributed by atoms with van der Waals surface area (Å²) in [5.74, 6) is -0.993. The molecule has 0 spiro atoms. The van der Waals surface area contributed by atoms with Crippen LogP contribution in [0.5, 0.6) is 0 Å². The number of hydrogen-bond donors (Lipinski definition) is 2. The molecule has 0 aliphatic heterocycles. The zero-order valence-corrected chi connectivity index (χ0v) is 13.1. The van der Waals surface area contributed by atoms with Gasteiger partial charge in [-0.25, -0.2) is 4.98 Å². The van der Waals surface area contributed by atoms with Crippen molar-refractivity contribution in [2.24, 2.45) is 0 Å². The highest BCUT2D eigenvalue weighted by Crippen LogP contribution is 2.29. The molecule has 134 valence electrons. The van der Waals surface area contributed by atoms with Crippen molar-refractivity contribution in [3.8, 4) is 0 Å². The number of rotatable bonds is 5. The number of carbonyl (C=O) groups is 1. The van der Waals surface area contributed by atoms with Crippen LogP contribution in [0.15, 0.2) is 53.6 Å². The van der Waals surface area contributed by atoms with E-state index in [1.54, 1.807) is 0 Å². The van der Waals surface area contributed by atoms with Gasteiger partial charge in [0.15, 0.2) is 11.5 Å². The Morgan fingerprint density at radius 1 is 1.23 bits per heavy atom. The molecule has 3 rings (SSSR count). The van der Waals surface area contributed by atoms with Gasteiger partial charge in [-0.15, -0.1) is 0 Å². The van der Waals surface area contributed by atoms with Gasteiger partial charge in [-0.1, -0.05) is 12.1 Å². The maximum Gasteiger partial charge on any atom is 0.416 e. The van der Waals surface area contributed by atoms with E-state index >= 15 is 0 Å². The molecule has 0 saturated heterocycles. The molecule has 3 aromatic rings. The maximum atomic E-state index is 12.6. The molecule has 6 nitrogen and oxygen atoms in total. The Bertz CT molecular complexity index is 926. The molecule has 0 aliphatic rings. The molecule has 0 amide bonds. The molecular weight excluding hydrogens is 351 g/mol. The van der Waals surface area contributed by atoms with Crippen molar-refractivity contribution >= 4 is 11.5 Å². The average Bonchev–Trinajstić information content (AvgIpc) is 3.26. The Kier molecular flexibility index (Phi) is 4.61. The number of nitrogens with zero attached hydrogens (tertiary/aromatic N) is 2. The van der Waals surface area contributed by atoms with Gasteiger partial charge >= 0.3 is 6.18 Å². The average molecular weight is 363 g/mol. The third-order valence-corrected chi connectivity index (χ3v) is 3.60. The van der Waals surface area contributed by atoms with Crippen LogP contribution in [0.1, 0.15) is 32.9 Å². The number of benzene rings is 1. The van der Waals surface area contributed by atoms with Crippen LogP contribution in [0.4, 0.5) is 13.2 Å². The first-order valence-corrected chi connectivity index (χ1v) is 7.37. The smallest absolute Gasteiger partial charge is 0.416 e. The van der Waals surface area contributed by atoms with E-state index in [9.17, 15) is 23.1 Å². The van der Waals surface area contributed by atoms with Crippen LogP contribution in [-0.4, -0.2) is 26.1 Å². The third kappa shape index (κ3) is 3.82. The lowest BCUT2D eigenvalue weighted by Gasteiger charge is -2.07. The Balaban J connectivity index is 1.78. The Labute approximate surface area is 145 Å². The van der Waals surface area contributed by atoms with Crippen LogP contribution in [0.2, 0.25) is 0 Å². The summed E-state index contributed by atoms with van der Waals surface area (Å²) in [7, 11) is 0. The number of furan rings is 1. The first kappa shape index (κ1) is 17.5. The second kappa shape index (κ2) is 6.87. The second-order valence-electron chi connectivity index (χ2n) is 5.40. The third-order valence-electron chi connectivity index (χ3n) is 3.60. The first-order chi connectivity index (χ1) is 12.3. The summed E-state index contributed by atoms with van der Waals surface area (Å²) in [6.45, 7) is 0. The molecule has 0 radical (unpaired) electrons. The predicted molar refractivity (Wildman–Crippen MR) is 84.3 cm³/mol. The van der Waals surface area contributed by atoms with Gasteiger partial charge in [-0.2, -0.15) is 18.3 Å². The summed E-state index contributed by atoms with van der Waals surface area (Å²) in [6, 6.07) is 4.63. The number of H-pyrrole nitrogens is 1. The van der Waals surface area contributed by atoms with Gasteiger partial charge in [0.25, 0.3) is 0 Å². The molecule has 2 aromatic heterocycles. The maximum absolute atomic E-state index is 12.6. The lowest BCUT2D eigenvalue weighted by atomic mass is 10.0. The fraction of sp³-hybridized carbons (Fsp3) is 0.118. The molecular formula is C17H12F3N3O3. The number of aromatic amines is 1. The SMILES string of the molecule is O=C(C=C(O)c1nc[nH]n1)c1cocc1Cc1ccc(C(F)(F)F)cc1. The summed E-state index contributed by atoms with van der Waals surface area (Å²) in [4.78, 5) is 16.0. The van der Waals surface area contributed by atoms with Crippen molar-refractivity contribution in [2.75, 3.05) is 0 Å². The minimum Gasteiger partial charge on any atom is -0.504 e. The number of ketones is 1. The van der Waals surface area contributed by atoms with E-state index in [4.69, 9.17) is 4.42 Å². The largest absolute Gasteiger partial charge is 0.504 e. The van der Waals surface area contributed by atoms with E-state index in [0.717, 1.165) is 18.2 Å². The summed E-state index contributed by atoms with van der Waals surface area (Å²) in [5, 5.41) is 15.9. The number of aliphatic hydroxyl groups is 1. The van der Waals surface area contributed by atoms with Gasteiger partial charge in [0, 0.05) is 18.1 Å². The molecule has 9 heteroatoms. The van der Waals surface area contributed by atoms with Gasteiger partial charge in [0.05, 0.1) is 17.4 Å². The summed E-state index contributed by atoms with van der Waals surface area (Å²) < 4.78 is 42.8. The minimum atomic E-state index is -4.40. The number of hydrogen-bond acceptors (Lipinski definition) is 5. The monoisotopic (exact) mass is 363 g/mol. The number of carbonyl (C=O) groups excluding carboxylic acids is 1. The van der Waals surface area contributed by atoms with Gasteiger partial charge in [0.2, 0.25) is 5.82 Å². The van der Waals surface area contributed by atoms with E-state index in [1.807, 2.05) is 0 Å². The molecule has 0 unspecified atom stereocenters. The number of aliphatic hydroxyl groups excluding tert-OH is 1. The molecule has 0 saturated carbocycles. The highest BCUT2D eigenvalue weighted by molar-refractivity contribution is 6.08. The molecule has 2 N–H and O–H groups in total. The second-order valence-corrected chi connectivity index (χ2v) is 5.40. The fourth-order valence-corrected chi connectivity index (χ4v) is 2.31. The van der Waals surface area contributed by atoms with E-state index in [-0.39, 0.29) is 17.8 Å². The van der Waals surface area contributed by atoms with Crippen LogP contribution in [0, 0.1) is 0 Å². The van der Waals surface area contributed by atoms with Gasteiger partial charge < -0.3 is 9.52 Å². The lowest BCUT2D eigenvalue weighted by Crippen LogP contribution is -2.05. The summed E-state index contributed by atoms with van der Waals surface area (Å²) in [5.41, 5.74) is 0.500. The van der Waals surface area contributed by atoms with Crippen molar-refractivity contribution in [2.45, 2.75) is 12.6 Å². The Hall–Kier alpha value is -3.36. The highest BCUT2D eigenvalue weighted by atomic mass is 19.4. The summed E-state index contributed by atoms with van der Waals surface area (Å²) >= 11 is 0. The number of allylic oxidation sites excluding steroid dienone is 1. The van der Waals surface area contributed by atoms with Crippen LogP contribution >= 0.6 is 0 Å².